The average Bonchev–Trinajstić information content (AvgIpc) is 3.33. The summed E-state index contributed by atoms with van der Waals surface area (Å²) in [5, 5.41) is 2.66. The molecule has 1 aliphatic rings. The molecule has 4 rings (SSSR count). The Labute approximate surface area is 182 Å². The van der Waals surface area contributed by atoms with E-state index in [0.29, 0.717) is 5.92 Å². The van der Waals surface area contributed by atoms with E-state index in [0.717, 1.165) is 0 Å². The molecule has 0 saturated heterocycles. The molecule has 27 heavy (non-hydrogen) atoms. The zero-order valence-corrected chi connectivity index (χ0v) is 19.7. The van der Waals surface area contributed by atoms with E-state index < -0.39 is 20.8 Å². The second kappa shape index (κ2) is 13.4. The maximum absolute atomic E-state index is 4.93. The molecule has 1 unspecified atom stereocenters. The first-order valence-corrected chi connectivity index (χ1v) is 15.8. The minimum Gasteiger partial charge on any atom is -0.168 e. The number of hydrogen-bond donors (Lipinski definition) is 0. The van der Waals surface area contributed by atoms with Gasteiger partial charge in [-0.3, -0.25) is 0 Å². The van der Waals surface area contributed by atoms with Gasteiger partial charge in [-0.2, -0.15) is 30.4 Å². The van der Waals surface area contributed by atoms with E-state index in [1.165, 1.54) is 47.6 Å². The molecule has 0 fully saturated rings. The standard InChI is InChI=1S/C15H19.C9H7.2ClH.Zr/c1-2-3-4-5-8-13-11-12-14-9-6-7-10-15(13)14;1-2-5-9-7-3-6-8(9)4-1;;;/h4,6-7,9-13H,2-3,5,8H2,1H3;1-7H;2*1H;/q2*-1;;;+4/p-2. The average molecular weight is 477 g/mol. The van der Waals surface area contributed by atoms with Gasteiger partial charge in [0.15, 0.2) is 0 Å². The van der Waals surface area contributed by atoms with Crippen LogP contribution >= 0.6 is 17.0 Å². The fourth-order valence-electron chi connectivity index (χ4n) is 3.29. The van der Waals surface area contributed by atoms with Crippen molar-refractivity contribution in [2.75, 3.05) is 0 Å². The van der Waals surface area contributed by atoms with Crippen molar-refractivity contribution in [2.45, 2.75) is 38.5 Å². The summed E-state index contributed by atoms with van der Waals surface area (Å²) in [6, 6.07) is 23.4. The van der Waals surface area contributed by atoms with Crippen molar-refractivity contribution in [3.05, 3.63) is 90.4 Å². The molecule has 0 radical (unpaired) electrons. The summed E-state index contributed by atoms with van der Waals surface area (Å²) in [4.78, 5) is 0. The van der Waals surface area contributed by atoms with Gasteiger partial charge in [0.25, 0.3) is 0 Å². The molecule has 0 saturated carbocycles. The zero-order chi connectivity index (χ0) is 19.3. The smallest absolute Gasteiger partial charge is 0.0809 e. The molecule has 0 N–H and O–H groups in total. The van der Waals surface area contributed by atoms with Gasteiger partial charge in [-0.05, 0) is 11.1 Å². The normalized spacial score (nSPS) is 13.8. The molecule has 1 atom stereocenters. The fraction of sp³-hybridized carbons (Fsp3) is 0.250. The van der Waals surface area contributed by atoms with Gasteiger partial charge in [0.2, 0.25) is 0 Å². The Bertz CT molecular complexity index is 777. The minimum atomic E-state index is -0.826. The third-order valence-electron chi connectivity index (χ3n) is 4.63. The number of allylic oxidation sites excluding steroid dienone is 1. The molecule has 0 spiro atoms. The van der Waals surface area contributed by atoms with Gasteiger partial charge in [-0.15, -0.1) is 29.7 Å². The van der Waals surface area contributed by atoms with Crippen LogP contribution < -0.4 is 0 Å². The summed E-state index contributed by atoms with van der Waals surface area (Å²) in [5.74, 6) is 0.661. The van der Waals surface area contributed by atoms with Crippen molar-refractivity contribution in [3.8, 4) is 0 Å². The van der Waals surface area contributed by atoms with Gasteiger partial charge in [-0.1, -0.05) is 62.2 Å². The van der Waals surface area contributed by atoms with Crippen LogP contribution in [0.5, 0.6) is 0 Å². The number of unbranched alkanes of at least 4 members (excludes halogenated alkanes) is 3. The first kappa shape index (κ1) is 22.5. The van der Waals surface area contributed by atoms with Gasteiger partial charge in [-0.25, -0.2) is 0 Å². The number of halogens is 2. The maximum Gasteiger partial charge on any atom is -0.0809 e. The molecule has 140 valence electrons. The summed E-state index contributed by atoms with van der Waals surface area (Å²) >= 11 is -0.826. The molecule has 1 aliphatic carbocycles. The molecule has 0 aliphatic heterocycles. The summed E-state index contributed by atoms with van der Waals surface area (Å²) in [5.41, 5.74) is 2.93. The van der Waals surface area contributed by atoms with Crippen LogP contribution in [-0.2, 0) is 20.8 Å². The van der Waals surface area contributed by atoms with E-state index in [1.807, 2.05) is 0 Å². The van der Waals surface area contributed by atoms with E-state index in [-0.39, 0.29) is 0 Å². The molecular formula is C24H26Cl2Zr. The van der Waals surface area contributed by atoms with Gasteiger partial charge >= 0.3 is 37.9 Å². The summed E-state index contributed by atoms with van der Waals surface area (Å²) in [7, 11) is 9.87. The fourth-order valence-corrected chi connectivity index (χ4v) is 3.29. The van der Waals surface area contributed by atoms with Crippen LogP contribution in [0.4, 0.5) is 0 Å². The van der Waals surface area contributed by atoms with Crippen LogP contribution in [0.2, 0.25) is 0 Å². The molecule has 0 nitrogen and oxygen atoms in total. The Morgan fingerprint density at radius 3 is 2.52 bits per heavy atom. The van der Waals surface area contributed by atoms with Crippen LogP contribution in [0.25, 0.3) is 16.8 Å². The monoisotopic (exact) mass is 474 g/mol. The Hall–Kier alpha value is -0.747. The van der Waals surface area contributed by atoms with E-state index in [2.05, 4.69) is 92.2 Å². The van der Waals surface area contributed by atoms with Crippen molar-refractivity contribution < 1.29 is 20.8 Å². The quantitative estimate of drug-likeness (QED) is 0.256. The van der Waals surface area contributed by atoms with Crippen LogP contribution in [0, 0.1) is 6.42 Å². The summed E-state index contributed by atoms with van der Waals surface area (Å²) in [6.45, 7) is 2.24. The Balaban J connectivity index is 0.000000184. The van der Waals surface area contributed by atoms with Crippen LogP contribution in [0.15, 0.2) is 72.8 Å². The van der Waals surface area contributed by atoms with Crippen molar-refractivity contribution >= 4 is 33.9 Å². The van der Waals surface area contributed by atoms with E-state index in [4.69, 9.17) is 17.0 Å². The molecule has 0 amide bonds. The number of rotatable bonds is 5. The van der Waals surface area contributed by atoms with E-state index >= 15 is 0 Å². The van der Waals surface area contributed by atoms with Gasteiger partial charge in [0.05, 0.1) is 0 Å². The summed E-state index contributed by atoms with van der Waals surface area (Å²) in [6.07, 6.45) is 12.1. The number of hydrogen-bond acceptors (Lipinski definition) is 0. The Morgan fingerprint density at radius 2 is 1.74 bits per heavy atom. The van der Waals surface area contributed by atoms with Crippen LogP contribution in [0.1, 0.15) is 49.7 Å². The maximum atomic E-state index is 4.93. The van der Waals surface area contributed by atoms with Crippen molar-refractivity contribution in [1.29, 1.82) is 0 Å². The third-order valence-corrected chi connectivity index (χ3v) is 4.63. The Kier molecular flexibility index (Phi) is 11.2. The predicted octanol–water partition coefficient (Wildman–Crippen LogP) is 8.52. The van der Waals surface area contributed by atoms with E-state index in [9.17, 15) is 0 Å². The first-order valence-electron chi connectivity index (χ1n) is 9.45. The molecule has 0 bridgehead atoms. The molecule has 0 heterocycles. The Morgan fingerprint density at radius 1 is 1.00 bits per heavy atom. The molecule has 3 aromatic rings. The van der Waals surface area contributed by atoms with Crippen molar-refractivity contribution in [2.24, 2.45) is 0 Å². The van der Waals surface area contributed by atoms with Crippen LogP contribution in [-0.4, -0.2) is 0 Å². The minimum absolute atomic E-state index is 0.661. The van der Waals surface area contributed by atoms with Gasteiger partial charge in [0, 0.05) is 5.92 Å². The molecule has 0 aromatic heterocycles. The summed E-state index contributed by atoms with van der Waals surface area (Å²) < 4.78 is 0. The van der Waals surface area contributed by atoms with Crippen molar-refractivity contribution in [1.82, 2.24) is 0 Å². The second-order valence-electron chi connectivity index (χ2n) is 6.48. The second-order valence-corrected chi connectivity index (χ2v) is 10.2. The van der Waals surface area contributed by atoms with Crippen LogP contribution in [0.3, 0.4) is 0 Å². The molecule has 3 aromatic carbocycles. The zero-order valence-electron chi connectivity index (χ0n) is 15.7. The van der Waals surface area contributed by atoms with Gasteiger partial charge < -0.3 is 6.42 Å². The SMILES string of the molecule is CCC[CH-]CCC1C=Cc2ccccc21.[Cl][Zr+2][Cl].c1ccc2[cH-]ccc2c1. The molecule has 3 heteroatoms. The number of fused-ring (bicyclic) bond motifs is 2. The third kappa shape index (κ3) is 7.65. The predicted molar refractivity (Wildman–Crippen MR) is 118 cm³/mol. The topological polar surface area (TPSA) is 0 Å². The largest absolute Gasteiger partial charge is 0.168 e. The first-order chi connectivity index (χ1) is 13.3. The van der Waals surface area contributed by atoms with E-state index in [1.54, 1.807) is 0 Å². The van der Waals surface area contributed by atoms with Crippen molar-refractivity contribution in [3.63, 3.8) is 0 Å². The molecular weight excluding hydrogens is 450 g/mol. The van der Waals surface area contributed by atoms with Gasteiger partial charge in [0.1, 0.15) is 0 Å². The number of benzene rings is 2.